The first kappa shape index (κ1) is 26.2. The summed E-state index contributed by atoms with van der Waals surface area (Å²) in [7, 11) is 0. The molecule has 0 unspecified atom stereocenters. The Hall–Kier alpha value is -0.840. The van der Waals surface area contributed by atoms with E-state index in [-0.39, 0.29) is 0 Å². The molecule has 0 aromatic heterocycles. The molecule has 27 heavy (non-hydrogen) atoms. The molecular weight excluding hydrogens is 345 g/mol. The standard InChI is InChI=1S/C21H42FN3O2/c1-7-9-11-13-21(22,14-12-10-8-2)20(5,6)27-17-15-19(3,4)26-18-16-24-25-23/h7-18H2,1-6H3. The van der Waals surface area contributed by atoms with E-state index in [1.165, 1.54) is 0 Å². The van der Waals surface area contributed by atoms with Crippen LogP contribution in [0.25, 0.3) is 10.4 Å². The zero-order valence-corrected chi connectivity index (χ0v) is 18.5. The van der Waals surface area contributed by atoms with Gasteiger partial charge in [-0.3, -0.25) is 0 Å². The Labute approximate surface area is 166 Å². The van der Waals surface area contributed by atoms with Crippen molar-refractivity contribution in [3.8, 4) is 0 Å². The minimum absolute atomic E-state index is 0.314. The molecule has 0 aliphatic heterocycles. The summed E-state index contributed by atoms with van der Waals surface area (Å²) in [5, 5.41) is 3.47. The Morgan fingerprint density at radius 3 is 1.89 bits per heavy atom. The summed E-state index contributed by atoms with van der Waals surface area (Å²) >= 11 is 0. The largest absolute Gasteiger partial charge is 0.375 e. The number of rotatable bonds is 17. The zero-order chi connectivity index (χ0) is 20.8. The smallest absolute Gasteiger partial charge is 0.139 e. The Kier molecular flexibility index (Phi) is 12.9. The molecule has 0 saturated carbocycles. The molecule has 0 aliphatic rings. The highest BCUT2D eigenvalue weighted by molar-refractivity contribution is 4.96. The van der Waals surface area contributed by atoms with Crippen molar-refractivity contribution in [2.75, 3.05) is 19.8 Å². The van der Waals surface area contributed by atoms with Crippen molar-refractivity contribution in [1.82, 2.24) is 0 Å². The molecule has 0 heterocycles. The van der Waals surface area contributed by atoms with Crippen LogP contribution in [-0.2, 0) is 9.47 Å². The van der Waals surface area contributed by atoms with Crippen molar-refractivity contribution in [1.29, 1.82) is 0 Å². The lowest BCUT2D eigenvalue weighted by Gasteiger charge is -2.41. The lowest BCUT2D eigenvalue weighted by Crippen LogP contribution is -2.49. The monoisotopic (exact) mass is 387 g/mol. The molecule has 0 atom stereocenters. The molecule has 0 aromatic rings. The molecule has 160 valence electrons. The maximum atomic E-state index is 15.9. The van der Waals surface area contributed by atoms with Crippen LogP contribution in [0.5, 0.6) is 0 Å². The number of hydrogen-bond donors (Lipinski definition) is 0. The van der Waals surface area contributed by atoms with E-state index in [0.717, 1.165) is 38.5 Å². The summed E-state index contributed by atoms with van der Waals surface area (Å²) in [6.45, 7) is 13.1. The van der Waals surface area contributed by atoms with Gasteiger partial charge in [-0.15, -0.1) is 0 Å². The molecule has 0 N–H and O–H groups in total. The topological polar surface area (TPSA) is 67.2 Å². The fourth-order valence-electron chi connectivity index (χ4n) is 3.20. The SMILES string of the molecule is CCCCCC(F)(CCCCC)C(C)(C)OCCC(C)(C)OCCN=[N+]=[N-]. The van der Waals surface area contributed by atoms with Crippen molar-refractivity contribution in [3.05, 3.63) is 10.4 Å². The number of nitrogens with zero attached hydrogens (tertiary/aromatic N) is 3. The van der Waals surface area contributed by atoms with Gasteiger partial charge in [0, 0.05) is 11.5 Å². The van der Waals surface area contributed by atoms with E-state index in [0.29, 0.717) is 39.0 Å². The quantitative estimate of drug-likeness (QED) is 0.115. The molecular formula is C21H42FN3O2. The third-order valence-electron chi connectivity index (χ3n) is 5.35. The summed E-state index contributed by atoms with van der Waals surface area (Å²) in [5.74, 6) is 0. The molecule has 0 amide bonds. The van der Waals surface area contributed by atoms with E-state index in [2.05, 4.69) is 23.9 Å². The van der Waals surface area contributed by atoms with Crippen LogP contribution in [0.15, 0.2) is 5.11 Å². The lowest BCUT2D eigenvalue weighted by molar-refractivity contribution is -0.145. The van der Waals surface area contributed by atoms with Crippen LogP contribution in [-0.4, -0.2) is 36.6 Å². The molecule has 0 rings (SSSR count). The Morgan fingerprint density at radius 2 is 1.41 bits per heavy atom. The minimum Gasteiger partial charge on any atom is -0.375 e. The van der Waals surface area contributed by atoms with Gasteiger partial charge < -0.3 is 9.47 Å². The van der Waals surface area contributed by atoms with Gasteiger partial charge in [-0.25, -0.2) is 4.39 Å². The normalized spacial score (nSPS) is 12.9. The second-order valence-electron chi connectivity index (χ2n) is 8.55. The van der Waals surface area contributed by atoms with Gasteiger partial charge in [-0.05, 0) is 52.5 Å². The van der Waals surface area contributed by atoms with Gasteiger partial charge in [0.25, 0.3) is 0 Å². The first-order valence-electron chi connectivity index (χ1n) is 10.6. The van der Waals surface area contributed by atoms with Crippen LogP contribution in [0.2, 0.25) is 0 Å². The molecule has 0 aliphatic carbocycles. The predicted molar refractivity (Wildman–Crippen MR) is 111 cm³/mol. The van der Waals surface area contributed by atoms with E-state index < -0.39 is 16.9 Å². The predicted octanol–water partition coefficient (Wildman–Crippen LogP) is 7.15. The van der Waals surface area contributed by atoms with Crippen molar-refractivity contribution in [2.45, 2.75) is 116 Å². The Morgan fingerprint density at radius 1 is 0.852 bits per heavy atom. The number of halogens is 1. The second-order valence-corrected chi connectivity index (χ2v) is 8.55. The lowest BCUT2D eigenvalue weighted by atomic mass is 9.79. The third kappa shape index (κ3) is 10.9. The van der Waals surface area contributed by atoms with Gasteiger partial charge in [0.15, 0.2) is 0 Å². The highest BCUT2D eigenvalue weighted by atomic mass is 19.1. The highest BCUT2D eigenvalue weighted by Gasteiger charge is 2.45. The summed E-state index contributed by atoms with van der Waals surface area (Å²) in [5.41, 5.74) is 5.78. The molecule has 0 bridgehead atoms. The van der Waals surface area contributed by atoms with Crippen LogP contribution < -0.4 is 0 Å². The number of hydrogen-bond acceptors (Lipinski definition) is 3. The van der Waals surface area contributed by atoms with Crippen LogP contribution in [0.3, 0.4) is 0 Å². The average Bonchev–Trinajstić information content (AvgIpc) is 2.59. The van der Waals surface area contributed by atoms with E-state index in [1.807, 2.05) is 27.7 Å². The summed E-state index contributed by atoms with van der Waals surface area (Å²) in [6.07, 6.45) is 7.88. The Bertz CT molecular complexity index is 425. The Balaban J connectivity index is 4.69. The zero-order valence-electron chi connectivity index (χ0n) is 18.5. The summed E-state index contributed by atoms with van der Waals surface area (Å²) in [6, 6.07) is 0. The van der Waals surface area contributed by atoms with Crippen LogP contribution in [0.4, 0.5) is 4.39 Å². The van der Waals surface area contributed by atoms with E-state index in [4.69, 9.17) is 15.0 Å². The van der Waals surface area contributed by atoms with Crippen LogP contribution in [0, 0.1) is 0 Å². The van der Waals surface area contributed by atoms with Gasteiger partial charge in [0.1, 0.15) is 5.67 Å². The number of unbranched alkanes of at least 4 members (excludes halogenated alkanes) is 4. The van der Waals surface area contributed by atoms with Crippen molar-refractivity contribution in [3.63, 3.8) is 0 Å². The fourth-order valence-corrected chi connectivity index (χ4v) is 3.20. The number of azide groups is 1. The van der Waals surface area contributed by atoms with Gasteiger partial charge in [0.2, 0.25) is 0 Å². The van der Waals surface area contributed by atoms with E-state index >= 15 is 4.39 Å². The highest BCUT2D eigenvalue weighted by Crippen LogP contribution is 2.39. The fraction of sp³-hybridized carbons (Fsp3) is 1.00. The first-order valence-corrected chi connectivity index (χ1v) is 10.6. The van der Waals surface area contributed by atoms with Gasteiger partial charge >= 0.3 is 0 Å². The molecule has 6 heteroatoms. The van der Waals surface area contributed by atoms with Crippen LogP contribution in [0.1, 0.15) is 99.3 Å². The second kappa shape index (κ2) is 13.4. The number of ether oxygens (including phenoxy) is 2. The van der Waals surface area contributed by atoms with E-state index in [1.54, 1.807) is 0 Å². The third-order valence-corrected chi connectivity index (χ3v) is 5.35. The van der Waals surface area contributed by atoms with Crippen molar-refractivity contribution < 1.29 is 13.9 Å². The summed E-state index contributed by atoms with van der Waals surface area (Å²) < 4.78 is 27.8. The number of alkyl halides is 1. The molecule has 0 saturated heterocycles. The molecule has 0 spiro atoms. The minimum atomic E-state index is -1.30. The molecule has 0 radical (unpaired) electrons. The average molecular weight is 388 g/mol. The maximum Gasteiger partial charge on any atom is 0.139 e. The van der Waals surface area contributed by atoms with Gasteiger partial charge in [0.05, 0.1) is 24.4 Å². The van der Waals surface area contributed by atoms with Crippen molar-refractivity contribution in [2.24, 2.45) is 5.11 Å². The van der Waals surface area contributed by atoms with Crippen LogP contribution >= 0.6 is 0 Å². The summed E-state index contributed by atoms with van der Waals surface area (Å²) in [4.78, 5) is 2.72. The van der Waals surface area contributed by atoms with Crippen molar-refractivity contribution >= 4 is 0 Å². The molecule has 0 aromatic carbocycles. The maximum absolute atomic E-state index is 15.9. The van der Waals surface area contributed by atoms with Gasteiger partial charge in [-0.2, -0.15) is 0 Å². The van der Waals surface area contributed by atoms with E-state index in [9.17, 15) is 0 Å². The van der Waals surface area contributed by atoms with Gasteiger partial charge in [-0.1, -0.05) is 57.5 Å². The first-order chi connectivity index (χ1) is 12.6. The molecule has 0 fully saturated rings. The molecule has 5 nitrogen and oxygen atoms in total.